The van der Waals surface area contributed by atoms with Gasteiger partial charge in [-0.3, -0.25) is 0 Å². The van der Waals surface area contributed by atoms with E-state index in [0.29, 0.717) is 12.5 Å². The SMILES string of the molecule is c1ccc(COc2cccc(Oc3c(C4CCCC4)sc4ccccc34)c2)cc1. The van der Waals surface area contributed by atoms with Crippen LogP contribution in [0.2, 0.25) is 0 Å². The third kappa shape index (κ3) is 4.01. The first-order chi connectivity index (χ1) is 14.4. The van der Waals surface area contributed by atoms with E-state index in [1.54, 1.807) is 0 Å². The van der Waals surface area contributed by atoms with E-state index < -0.39 is 0 Å². The smallest absolute Gasteiger partial charge is 0.149 e. The zero-order valence-corrected chi connectivity index (χ0v) is 17.2. The average molecular weight is 401 g/mol. The summed E-state index contributed by atoms with van der Waals surface area (Å²) in [7, 11) is 0. The summed E-state index contributed by atoms with van der Waals surface area (Å²) in [5, 5.41) is 1.22. The topological polar surface area (TPSA) is 18.5 Å². The Hall–Kier alpha value is -2.78. The van der Waals surface area contributed by atoms with Crippen molar-refractivity contribution in [1.29, 1.82) is 0 Å². The fourth-order valence-electron chi connectivity index (χ4n) is 4.09. The molecule has 0 saturated heterocycles. The summed E-state index contributed by atoms with van der Waals surface area (Å²) in [4.78, 5) is 1.40. The minimum atomic E-state index is 0.555. The molecular weight excluding hydrogens is 376 g/mol. The van der Waals surface area contributed by atoms with Crippen molar-refractivity contribution in [3.8, 4) is 17.2 Å². The number of thiophene rings is 1. The highest BCUT2D eigenvalue weighted by atomic mass is 32.1. The van der Waals surface area contributed by atoms with Crippen LogP contribution in [0.1, 0.15) is 42.0 Å². The molecule has 3 heteroatoms. The molecule has 2 nitrogen and oxygen atoms in total. The molecule has 1 fully saturated rings. The Kier molecular flexibility index (Phi) is 5.23. The number of hydrogen-bond donors (Lipinski definition) is 0. The van der Waals surface area contributed by atoms with Gasteiger partial charge in [-0.2, -0.15) is 0 Å². The lowest BCUT2D eigenvalue weighted by Gasteiger charge is -2.13. The normalized spacial score (nSPS) is 14.3. The van der Waals surface area contributed by atoms with E-state index in [-0.39, 0.29) is 0 Å². The van der Waals surface area contributed by atoms with Crippen LogP contribution in [0, 0.1) is 0 Å². The molecule has 1 aliphatic carbocycles. The summed E-state index contributed by atoms with van der Waals surface area (Å²) in [5.74, 6) is 3.32. The van der Waals surface area contributed by atoms with Crippen LogP contribution < -0.4 is 9.47 Å². The van der Waals surface area contributed by atoms with Crippen LogP contribution in [-0.2, 0) is 6.61 Å². The number of hydrogen-bond acceptors (Lipinski definition) is 3. The zero-order valence-electron chi connectivity index (χ0n) is 16.3. The highest BCUT2D eigenvalue weighted by molar-refractivity contribution is 7.19. The minimum Gasteiger partial charge on any atom is -0.489 e. The van der Waals surface area contributed by atoms with Gasteiger partial charge in [0.15, 0.2) is 0 Å². The molecule has 0 spiro atoms. The third-order valence-electron chi connectivity index (χ3n) is 5.58. The number of rotatable bonds is 6. The lowest BCUT2D eigenvalue weighted by Crippen LogP contribution is -1.96. The molecule has 0 amide bonds. The highest BCUT2D eigenvalue weighted by Gasteiger charge is 2.25. The quantitative estimate of drug-likeness (QED) is 0.327. The first kappa shape index (κ1) is 18.3. The van der Waals surface area contributed by atoms with Crippen molar-refractivity contribution in [2.24, 2.45) is 0 Å². The molecule has 146 valence electrons. The Bertz CT molecular complexity index is 1090. The fraction of sp³-hybridized carbons (Fsp3) is 0.231. The molecule has 0 aliphatic heterocycles. The molecule has 1 aromatic heterocycles. The lowest BCUT2D eigenvalue weighted by molar-refractivity contribution is 0.304. The van der Waals surface area contributed by atoms with Gasteiger partial charge in [0.2, 0.25) is 0 Å². The van der Waals surface area contributed by atoms with Crippen LogP contribution >= 0.6 is 11.3 Å². The summed E-state index contributed by atoms with van der Waals surface area (Å²) in [5.41, 5.74) is 1.16. The standard InChI is InChI=1S/C26H24O2S/c1-2-9-19(10-3-1)18-27-21-13-8-14-22(17-21)28-25-23-15-6-7-16-24(23)29-26(25)20-11-4-5-12-20/h1-3,6-10,13-17,20H,4-5,11-12,18H2. The lowest BCUT2D eigenvalue weighted by atomic mass is 10.0. The molecule has 4 aromatic rings. The van der Waals surface area contributed by atoms with Crippen molar-refractivity contribution in [1.82, 2.24) is 0 Å². The predicted molar refractivity (Wildman–Crippen MR) is 120 cm³/mol. The molecule has 1 aliphatic rings. The van der Waals surface area contributed by atoms with E-state index in [4.69, 9.17) is 9.47 Å². The second-order valence-corrected chi connectivity index (χ2v) is 8.71. The summed E-state index contributed by atoms with van der Waals surface area (Å²) >= 11 is 1.90. The van der Waals surface area contributed by atoms with E-state index in [2.05, 4.69) is 36.4 Å². The molecule has 0 bridgehead atoms. The maximum Gasteiger partial charge on any atom is 0.149 e. The predicted octanol–water partition coefficient (Wildman–Crippen LogP) is 7.93. The zero-order chi connectivity index (χ0) is 19.5. The van der Waals surface area contributed by atoms with E-state index >= 15 is 0 Å². The maximum absolute atomic E-state index is 6.50. The Balaban J connectivity index is 1.41. The summed E-state index contributed by atoms with van der Waals surface area (Å²) in [6.45, 7) is 0.555. The monoisotopic (exact) mass is 400 g/mol. The molecule has 3 aromatic carbocycles. The van der Waals surface area contributed by atoms with Crippen molar-refractivity contribution in [2.45, 2.75) is 38.2 Å². The Morgan fingerprint density at radius 2 is 1.55 bits per heavy atom. The van der Waals surface area contributed by atoms with Crippen molar-refractivity contribution in [2.75, 3.05) is 0 Å². The van der Waals surface area contributed by atoms with Crippen LogP contribution in [-0.4, -0.2) is 0 Å². The van der Waals surface area contributed by atoms with Gasteiger partial charge in [-0.05, 0) is 48.6 Å². The molecule has 5 rings (SSSR count). The van der Waals surface area contributed by atoms with Crippen molar-refractivity contribution >= 4 is 21.4 Å². The summed E-state index contributed by atoms with van der Waals surface area (Å²) in [6, 6.07) is 26.8. The molecule has 0 atom stereocenters. The van der Waals surface area contributed by atoms with Crippen LogP contribution in [0.25, 0.3) is 10.1 Å². The average Bonchev–Trinajstić information content (AvgIpc) is 3.42. The minimum absolute atomic E-state index is 0.555. The van der Waals surface area contributed by atoms with Gasteiger partial charge in [-0.1, -0.05) is 61.4 Å². The van der Waals surface area contributed by atoms with Gasteiger partial charge in [-0.15, -0.1) is 11.3 Å². The molecule has 29 heavy (non-hydrogen) atoms. The van der Waals surface area contributed by atoms with Crippen molar-refractivity contribution in [3.05, 3.63) is 89.3 Å². The van der Waals surface area contributed by atoms with E-state index in [9.17, 15) is 0 Å². The van der Waals surface area contributed by atoms with Gasteiger partial charge >= 0.3 is 0 Å². The largest absolute Gasteiger partial charge is 0.489 e. The van der Waals surface area contributed by atoms with Gasteiger partial charge in [0.05, 0.1) is 4.88 Å². The Morgan fingerprint density at radius 3 is 2.41 bits per heavy atom. The molecular formula is C26H24O2S. The van der Waals surface area contributed by atoms with Crippen LogP contribution in [0.5, 0.6) is 17.2 Å². The van der Waals surface area contributed by atoms with Crippen LogP contribution in [0.15, 0.2) is 78.9 Å². The molecule has 0 N–H and O–H groups in total. The first-order valence-electron chi connectivity index (χ1n) is 10.3. The van der Waals surface area contributed by atoms with Gasteiger partial charge in [0.1, 0.15) is 23.9 Å². The van der Waals surface area contributed by atoms with E-state index in [1.165, 1.54) is 40.6 Å². The highest BCUT2D eigenvalue weighted by Crippen LogP contribution is 2.48. The summed E-state index contributed by atoms with van der Waals surface area (Å²) in [6.07, 6.45) is 5.18. The van der Waals surface area contributed by atoms with Crippen LogP contribution in [0.4, 0.5) is 0 Å². The second-order valence-electron chi connectivity index (χ2n) is 7.62. The second kappa shape index (κ2) is 8.30. The fourth-order valence-corrected chi connectivity index (χ4v) is 5.39. The maximum atomic E-state index is 6.50. The number of fused-ring (bicyclic) bond motifs is 1. The van der Waals surface area contributed by atoms with Crippen molar-refractivity contribution < 1.29 is 9.47 Å². The molecule has 0 unspecified atom stereocenters. The first-order valence-corrected chi connectivity index (χ1v) is 11.1. The van der Waals surface area contributed by atoms with Gasteiger partial charge in [0.25, 0.3) is 0 Å². The van der Waals surface area contributed by atoms with Crippen molar-refractivity contribution in [3.63, 3.8) is 0 Å². The summed E-state index contributed by atoms with van der Waals surface area (Å²) < 4.78 is 13.8. The van der Waals surface area contributed by atoms with Gasteiger partial charge in [-0.25, -0.2) is 0 Å². The number of ether oxygens (including phenoxy) is 2. The number of benzene rings is 3. The Morgan fingerprint density at radius 1 is 0.793 bits per heavy atom. The van der Waals surface area contributed by atoms with E-state index in [1.807, 2.05) is 53.8 Å². The van der Waals surface area contributed by atoms with Crippen LogP contribution in [0.3, 0.4) is 0 Å². The Labute approximate surface area is 175 Å². The molecule has 1 saturated carbocycles. The molecule has 1 heterocycles. The van der Waals surface area contributed by atoms with E-state index in [0.717, 1.165) is 22.8 Å². The van der Waals surface area contributed by atoms with Gasteiger partial charge in [0, 0.05) is 16.2 Å². The van der Waals surface area contributed by atoms with Gasteiger partial charge < -0.3 is 9.47 Å². The third-order valence-corrected chi connectivity index (χ3v) is 6.89. The molecule has 0 radical (unpaired) electrons.